The van der Waals surface area contributed by atoms with Crippen molar-refractivity contribution in [3.63, 3.8) is 0 Å². The molecule has 0 amide bonds. The lowest BCUT2D eigenvalue weighted by atomic mass is 10.2. The van der Waals surface area contributed by atoms with E-state index in [2.05, 4.69) is 6.92 Å². The summed E-state index contributed by atoms with van der Waals surface area (Å²) in [5.41, 5.74) is 0.866. The van der Waals surface area contributed by atoms with Crippen LogP contribution in [0.2, 0.25) is 0 Å². The van der Waals surface area contributed by atoms with E-state index >= 15 is 0 Å². The van der Waals surface area contributed by atoms with Gasteiger partial charge in [0.25, 0.3) is 0 Å². The zero-order chi connectivity index (χ0) is 12.3. The maximum absolute atomic E-state index is 12.8. The van der Waals surface area contributed by atoms with Crippen LogP contribution < -0.4 is 0 Å². The molecule has 0 atom stereocenters. The molecule has 93 valence electrons. The molecule has 1 nitrogen and oxygen atoms in total. The van der Waals surface area contributed by atoms with Crippen LogP contribution in [0.1, 0.15) is 31.2 Å². The van der Waals surface area contributed by atoms with Gasteiger partial charge in [-0.2, -0.15) is 0 Å². The largest absolute Gasteiger partial charge is 0.377 e. The maximum Gasteiger partial charge on any atom is 0.123 e. The van der Waals surface area contributed by atoms with Gasteiger partial charge in [-0.1, -0.05) is 50.5 Å². The van der Waals surface area contributed by atoms with E-state index in [1.165, 1.54) is 25.0 Å². The van der Waals surface area contributed by atoms with Crippen LogP contribution in [-0.4, -0.2) is 13.2 Å². The lowest BCUT2D eigenvalue weighted by molar-refractivity contribution is 0.158. The summed E-state index contributed by atoms with van der Waals surface area (Å²) in [6.07, 6.45) is 8.22. The number of hydrogen-bond donors (Lipinski definition) is 0. The molecular formula is C15H20FO. The molecule has 0 heterocycles. The number of rotatable bonds is 8. The molecule has 0 aliphatic rings. The lowest BCUT2D eigenvalue weighted by Crippen LogP contribution is -1.94. The Morgan fingerprint density at radius 2 is 2.12 bits per heavy atom. The second-order valence-corrected chi connectivity index (χ2v) is 3.95. The molecule has 0 N–H and O–H groups in total. The van der Waals surface area contributed by atoms with Crippen LogP contribution in [0.15, 0.2) is 30.3 Å². The van der Waals surface area contributed by atoms with Gasteiger partial charge in [0.1, 0.15) is 5.82 Å². The molecule has 1 aromatic rings. The summed E-state index contributed by atoms with van der Waals surface area (Å²) in [6, 6.07) is 6.52. The van der Waals surface area contributed by atoms with E-state index in [-0.39, 0.29) is 5.82 Å². The van der Waals surface area contributed by atoms with Crippen LogP contribution in [0.5, 0.6) is 0 Å². The summed E-state index contributed by atoms with van der Waals surface area (Å²) in [5.74, 6) is -0.207. The first-order valence-electron chi connectivity index (χ1n) is 6.12. The Labute approximate surface area is 103 Å². The van der Waals surface area contributed by atoms with Gasteiger partial charge in [-0.05, 0) is 24.1 Å². The Bertz CT molecular complexity index is 333. The van der Waals surface area contributed by atoms with Crippen LogP contribution in [0, 0.1) is 12.7 Å². The number of benzene rings is 1. The van der Waals surface area contributed by atoms with E-state index in [4.69, 9.17) is 4.74 Å². The van der Waals surface area contributed by atoms with Crippen LogP contribution in [0.3, 0.4) is 0 Å². The molecule has 0 fully saturated rings. The molecule has 0 aromatic heterocycles. The Balaban J connectivity index is 2.10. The van der Waals surface area contributed by atoms with Crippen LogP contribution in [0.25, 0.3) is 6.08 Å². The second-order valence-electron chi connectivity index (χ2n) is 3.95. The highest BCUT2D eigenvalue weighted by molar-refractivity contribution is 5.48. The first kappa shape index (κ1) is 13.9. The molecule has 17 heavy (non-hydrogen) atoms. The fourth-order valence-electron chi connectivity index (χ4n) is 1.50. The smallest absolute Gasteiger partial charge is 0.123 e. The molecule has 1 rings (SSSR count). The second kappa shape index (κ2) is 8.94. The van der Waals surface area contributed by atoms with Crippen molar-refractivity contribution in [2.24, 2.45) is 0 Å². The fourth-order valence-corrected chi connectivity index (χ4v) is 1.50. The molecule has 2 heteroatoms. The highest BCUT2D eigenvalue weighted by atomic mass is 19.1. The maximum atomic E-state index is 12.8. The van der Waals surface area contributed by atoms with Crippen LogP contribution in [-0.2, 0) is 4.74 Å². The summed E-state index contributed by atoms with van der Waals surface area (Å²) in [6.45, 7) is 5.16. The van der Waals surface area contributed by atoms with E-state index in [1.807, 2.05) is 18.2 Å². The average molecular weight is 235 g/mol. The molecule has 0 spiro atoms. The summed E-state index contributed by atoms with van der Waals surface area (Å²) in [5, 5.41) is 0. The average Bonchev–Trinajstić information content (AvgIpc) is 2.33. The Hall–Kier alpha value is -1.15. The number of ether oxygens (including phenoxy) is 1. The Morgan fingerprint density at radius 3 is 2.88 bits per heavy atom. The Kier molecular flexibility index (Phi) is 7.32. The van der Waals surface area contributed by atoms with Crippen molar-refractivity contribution in [1.82, 2.24) is 0 Å². The normalized spacial score (nSPS) is 11.2. The molecule has 0 saturated carbocycles. The van der Waals surface area contributed by atoms with E-state index in [0.717, 1.165) is 25.0 Å². The van der Waals surface area contributed by atoms with Gasteiger partial charge in [0.05, 0.1) is 6.61 Å². The topological polar surface area (TPSA) is 9.23 Å². The van der Waals surface area contributed by atoms with E-state index in [1.54, 1.807) is 6.07 Å². The van der Waals surface area contributed by atoms with Gasteiger partial charge < -0.3 is 4.74 Å². The van der Waals surface area contributed by atoms with Gasteiger partial charge in [0, 0.05) is 6.61 Å². The van der Waals surface area contributed by atoms with E-state index in [9.17, 15) is 4.39 Å². The van der Waals surface area contributed by atoms with Crippen LogP contribution >= 0.6 is 0 Å². The molecular weight excluding hydrogens is 215 g/mol. The van der Waals surface area contributed by atoms with E-state index in [0.29, 0.717) is 6.61 Å². The van der Waals surface area contributed by atoms with Gasteiger partial charge >= 0.3 is 0 Å². The molecule has 1 aromatic carbocycles. The standard InChI is InChI=1S/C15H20FO/c1-2-3-4-5-11-17-12-7-9-14-8-6-10-15(16)13-14/h6-10,13H,1-5,11-12H2. The van der Waals surface area contributed by atoms with Crippen molar-refractivity contribution >= 4 is 6.08 Å². The van der Waals surface area contributed by atoms with Gasteiger partial charge in [0.15, 0.2) is 0 Å². The van der Waals surface area contributed by atoms with Crippen molar-refractivity contribution in [2.75, 3.05) is 13.2 Å². The van der Waals surface area contributed by atoms with Gasteiger partial charge in [0.2, 0.25) is 0 Å². The monoisotopic (exact) mass is 235 g/mol. The highest BCUT2D eigenvalue weighted by Gasteiger charge is 1.90. The minimum atomic E-state index is -0.207. The first-order valence-corrected chi connectivity index (χ1v) is 6.12. The predicted octanol–water partition coefficient (Wildman–Crippen LogP) is 4.25. The van der Waals surface area contributed by atoms with Gasteiger partial charge in [-0.15, -0.1) is 0 Å². The number of unbranched alkanes of at least 4 members (excludes halogenated alkanes) is 3. The molecule has 0 unspecified atom stereocenters. The third-order valence-electron chi connectivity index (χ3n) is 2.41. The third kappa shape index (κ3) is 6.90. The van der Waals surface area contributed by atoms with Gasteiger partial charge in [-0.3, -0.25) is 0 Å². The molecule has 1 radical (unpaired) electrons. The van der Waals surface area contributed by atoms with Crippen molar-refractivity contribution in [1.29, 1.82) is 0 Å². The fraction of sp³-hybridized carbons (Fsp3) is 0.400. The van der Waals surface area contributed by atoms with Crippen LogP contribution in [0.4, 0.5) is 4.39 Å². The molecule has 0 aliphatic heterocycles. The summed E-state index contributed by atoms with van der Waals surface area (Å²) >= 11 is 0. The summed E-state index contributed by atoms with van der Waals surface area (Å²) in [7, 11) is 0. The third-order valence-corrected chi connectivity index (χ3v) is 2.41. The molecule has 0 saturated heterocycles. The Morgan fingerprint density at radius 1 is 1.24 bits per heavy atom. The SMILES string of the molecule is [CH2]CCCCCOCC=Cc1cccc(F)c1. The first-order chi connectivity index (χ1) is 8.33. The van der Waals surface area contributed by atoms with Gasteiger partial charge in [-0.25, -0.2) is 4.39 Å². The van der Waals surface area contributed by atoms with E-state index < -0.39 is 0 Å². The highest BCUT2D eigenvalue weighted by Crippen LogP contribution is 2.05. The lowest BCUT2D eigenvalue weighted by Gasteiger charge is -2.00. The summed E-state index contributed by atoms with van der Waals surface area (Å²) in [4.78, 5) is 0. The minimum absolute atomic E-state index is 0.207. The van der Waals surface area contributed by atoms with Crippen molar-refractivity contribution in [3.8, 4) is 0 Å². The summed E-state index contributed by atoms with van der Waals surface area (Å²) < 4.78 is 18.3. The minimum Gasteiger partial charge on any atom is -0.377 e. The molecule has 0 bridgehead atoms. The predicted molar refractivity (Wildman–Crippen MR) is 70.1 cm³/mol. The number of halogens is 1. The van der Waals surface area contributed by atoms with Crippen molar-refractivity contribution in [2.45, 2.75) is 25.7 Å². The number of hydrogen-bond acceptors (Lipinski definition) is 1. The zero-order valence-electron chi connectivity index (χ0n) is 10.2. The molecule has 0 aliphatic carbocycles. The van der Waals surface area contributed by atoms with Crippen molar-refractivity contribution in [3.05, 3.63) is 48.6 Å². The quantitative estimate of drug-likeness (QED) is 0.612. The zero-order valence-corrected chi connectivity index (χ0v) is 10.2. The van der Waals surface area contributed by atoms with Crippen molar-refractivity contribution < 1.29 is 9.13 Å².